The van der Waals surface area contributed by atoms with Gasteiger partial charge in [-0.25, -0.2) is 4.83 Å². The second-order valence-electron chi connectivity index (χ2n) is 5.31. The maximum Gasteiger partial charge on any atom is 0.276 e. The zero-order valence-corrected chi connectivity index (χ0v) is 15.7. The molecule has 11 heteroatoms. The highest BCUT2D eigenvalue weighted by atomic mass is 32.2. The summed E-state index contributed by atoms with van der Waals surface area (Å²) in [6.45, 7) is 2.29. The van der Waals surface area contributed by atoms with E-state index in [9.17, 15) is 18.3 Å². The molecule has 26 heavy (non-hydrogen) atoms. The Morgan fingerprint density at radius 1 is 1.38 bits per heavy atom. The number of nitrogens with one attached hydrogen (secondary N) is 2. The first-order chi connectivity index (χ1) is 12.3. The summed E-state index contributed by atoms with van der Waals surface area (Å²) >= 11 is 4.98. The average Bonchev–Trinajstić information content (AvgIpc) is 2.58. The summed E-state index contributed by atoms with van der Waals surface area (Å²) in [5.74, 6) is -0.436. The molecule has 140 valence electrons. The lowest BCUT2D eigenvalue weighted by molar-refractivity contribution is 0.182. The molecular formula is C15H18N4O5S2. The van der Waals surface area contributed by atoms with Gasteiger partial charge in [0.05, 0.1) is 24.3 Å². The predicted molar refractivity (Wildman–Crippen MR) is 98.5 cm³/mol. The largest absolute Gasteiger partial charge is 0.494 e. The number of aromatic nitrogens is 2. The Morgan fingerprint density at radius 3 is 2.65 bits per heavy atom. The number of H-pyrrole nitrogens is 1. The molecule has 3 N–H and O–H groups in total. The van der Waals surface area contributed by atoms with E-state index in [1.165, 1.54) is 23.8 Å². The van der Waals surface area contributed by atoms with Gasteiger partial charge in [-0.15, -0.1) is 0 Å². The molecule has 0 amide bonds. The predicted octanol–water partition coefficient (Wildman–Crippen LogP) is 0.879. The number of aryl methyl sites for hydroxylation is 1. The van der Waals surface area contributed by atoms with Crippen molar-refractivity contribution in [3.05, 3.63) is 50.5 Å². The molecule has 0 fully saturated rings. The lowest BCUT2D eigenvalue weighted by atomic mass is 10.2. The van der Waals surface area contributed by atoms with Gasteiger partial charge in [-0.1, -0.05) is 17.7 Å². The van der Waals surface area contributed by atoms with Crippen LogP contribution in [0.2, 0.25) is 0 Å². The molecule has 2 aromatic rings. The molecule has 0 aliphatic carbocycles. The minimum atomic E-state index is -3.89. The summed E-state index contributed by atoms with van der Waals surface area (Å²) in [7, 11) is -2.41. The second kappa shape index (κ2) is 8.25. The van der Waals surface area contributed by atoms with Crippen LogP contribution in [0.15, 0.2) is 39.1 Å². The smallest absolute Gasteiger partial charge is 0.276 e. The molecule has 0 saturated heterocycles. The van der Waals surface area contributed by atoms with Gasteiger partial charge in [-0.3, -0.25) is 14.3 Å². The van der Waals surface area contributed by atoms with Crippen LogP contribution in [0.1, 0.15) is 11.1 Å². The molecule has 0 radical (unpaired) electrons. The van der Waals surface area contributed by atoms with Crippen LogP contribution < -0.4 is 10.4 Å². The summed E-state index contributed by atoms with van der Waals surface area (Å²) < 4.78 is 30.5. The normalized spacial score (nSPS) is 11.8. The Labute approximate surface area is 155 Å². The molecule has 1 aromatic heterocycles. The van der Waals surface area contributed by atoms with Crippen molar-refractivity contribution < 1.29 is 18.3 Å². The highest BCUT2D eigenvalue weighted by Gasteiger charge is 2.14. The fourth-order valence-electron chi connectivity index (χ4n) is 2.01. The first-order valence-electron chi connectivity index (χ1n) is 7.43. The number of aromatic hydroxyl groups is 1. The van der Waals surface area contributed by atoms with E-state index in [-0.39, 0.29) is 28.4 Å². The Morgan fingerprint density at radius 2 is 2.04 bits per heavy atom. The number of aromatic amines is 1. The number of benzene rings is 1. The zero-order chi connectivity index (χ0) is 19.3. The third-order valence-corrected chi connectivity index (χ3v) is 4.98. The Hall–Kier alpha value is -2.50. The van der Waals surface area contributed by atoms with Crippen LogP contribution in [-0.4, -0.2) is 43.0 Å². The fraction of sp³-hybridized carbons (Fsp3) is 0.267. The first-order valence-corrected chi connectivity index (χ1v) is 9.32. The molecule has 1 aromatic carbocycles. The van der Waals surface area contributed by atoms with E-state index in [0.29, 0.717) is 0 Å². The molecule has 2 rings (SSSR count). The number of sulfonamides is 1. The van der Waals surface area contributed by atoms with Crippen molar-refractivity contribution in [2.75, 3.05) is 13.7 Å². The molecule has 0 saturated carbocycles. The maximum atomic E-state index is 12.2. The average molecular weight is 398 g/mol. The third kappa shape index (κ3) is 4.56. The van der Waals surface area contributed by atoms with E-state index < -0.39 is 21.5 Å². The molecule has 0 bridgehead atoms. The minimum absolute atomic E-state index is 0.0157. The second-order valence-corrected chi connectivity index (χ2v) is 7.35. The van der Waals surface area contributed by atoms with E-state index in [2.05, 4.69) is 10.1 Å². The third-order valence-electron chi connectivity index (χ3n) is 3.42. The standard InChI is InChI=1S/C15H18N4O5S2/c1-10-3-5-11(6-4-10)26(22,23)18-16-9-12-13(20)17-15(25)19(14(12)21)7-8-24-2/h3-6,9,18,21H,7-8H2,1-2H3,(H,17,20,25)/b16-9+. The highest BCUT2D eigenvalue weighted by Crippen LogP contribution is 2.12. The van der Waals surface area contributed by atoms with Crippen molar-refractivity contribution in [3.63, 3.8) is 0 Å². The van der Waals surface area contributed by atoms with Gasteiger partial charge in [0.25, 0.3) is 15.6 Å². The van der Waals surface area contributed by atoms with Gasteiger partial charge in [0.1, 0.15) is 5.56 Å². The molecule has 0 spiro atoms. The van der Waals surface area contributed by atoms with E-state index in [4.69, 9.17) is 17.0 Å². The summed E-state index contributed by atoms with van der Waals surface area (Å²) in [4.78, 5) is 16.4. The molecule has 1 heterocycles. The van der Waals surface area contributed by atoms with E-state index >= 15 is 0 Å². The van der Waals surface area contributed by atoms with Crippen molar-refractivity contribution in [1.29, 1.82) is 0 Å². The van der Waals surface area contributed by atoms with Crippen LogP contribution in [0.25, 0.3) is 0 Å². The summed E-state index contributed by atoms with van der Waals surface area (Å²) in [6.07, 6.45) is 0.915. The van der Waals surface area contributed by atoms with E-state index in [1.54, 1.807) is 12.1 Å². The lowest BCUT2D eigenvalue weighted by Crippen LogP contribution is -2.22. The van der Waals surface area contributed by atoms with Gasteiger partial charge in [-0.05, 0) is 31.3 Å². The van der Waals surface area contributed by atoms with Crippen molar-refractivity contribution in [2.45, 2.75) is 18.4 Å². The summed E-state index contributed by atoms with van der Waals surface area (Å²) in [5.41, 5.74) is -0.0192. The van der Waals surface area contributed by atoms with Crippen LogP contribution in [-0.2, 0) is 21.3 Å². The highest BCUT2D eigenvalue weighted by molar-refractivity contribution is 7.89. The van der Waals surface area contributed by atoms with Crippen molar-refractivity contribution in [1.82, 2.24) is 14.4 Å². The maximum absolute atomic E-state index is 12.2. The van der Waals surface area contributed by atoms with Gasteiger partial charge in [0.15, 0.2) is 4.77 Å². The number of hydrogen-bond donors (Lipinski definition) is 3. The summed E-state index contributed by atoms with van der Waals surface area (Å²) in [6, 6.07) is 6.16. The van der Waals surface area contributed by atoms with Crippen molar-refractivity contribution in [2.24, 2.45) is 5.10 Å². The van der Waals surface area contributed by atoms with Gasteiger partial charge in [-0.2, -0.15) is 13.5 Å². The molecule has 0 unspecified atom stereocenters. The Bertz CT molecular complexity index is 1020. The van der Waals surface area contributed by atoms with Crippen LogP contribution in [0, 0.1) is 11.7 Å². The van der Waals surface area contributed by atoms with Crippen LogP contribution >= 0.6 is 12.2 Å². The van der Waals surface area contributed by atoms with Gasteiger partial charge in [0, 0.05) is 7.11 Å². The molecule has 0 aliphatic rings. The lowest BCUT2D eigenvalue weighted by Gasteiger charge is -2.10. The number of ether oxygens (including phenoxy) is 1. The van der Waals surface area contributed by atoms with Gasteiger partial charge in [0.2, 0.25) is 5.88 Å². The number of rotatable bonds is 7. The number of hydrogen-bond acceptors (Lipinski definition) is 7. The Balaban J connectivity index is 2.29. The first kappa shape index (κ1) is 19.8. The van der Waals surface area contributed by atoms with Crippen molar-refractivity contribution >= 4 is 28.5 Å². The van der Waals surface area contributed by atoms with E-state index in [0.717, 1.165) is 11.8 Å². The number of hydrazone groups is 1. The molecule has 0 aliphatic heterocycles. The van der Waals surface area contributed by atoms with Crippen molar-refractivity contribution in [3.8, 4) is 5.88 Å². The molecule has 0 atom stereocenters. The van der Waals surface area contributed by atoms with E-state index in [1.807, 2.05) is 11.8 Å². The quantitative estimate of drug-likeness (QED) is 0.361. The van der Waals surface area contributed by atoms with Gasteiger partial charge < -0.3 is 9.84 Å². The minimum Gasteiger partial charge on any atom is -0.494 e. The zero-order valence-electron chi connectivity index (χ0n) is 14.1. The van der Waals surface area contributed by atoms with Gasteiger partial charge >= 0.3 is 0 Å². The number of nitrogens with zero attached hydrogens (tertiary/aromatic N) is 2. The molecular weight excluding hydrogens is 380 g/mol. The van der Waals surface area contributed by atoms with Crippen LogP contribution in [0.3, 0.4) is 0 Å². The Kier molecular flexibility index (Phi) is 6.29. The number of methoxy groups -OCH3 is 1. The monoisotopic (exact) mass is 398 g/mol. The van der Waals surface area contributed by atoms with Crippen LogP contribution in [0.4, 0.5) is 0 Å². The van der Waals surface area contributed by atoms with Crippen LogP contribution in [0.5, 0.6) is 5.88 Å². The SMILES string of the molecule is COCCn1c(O)c(/C=N/NS(=O)(=O)c2ccc(C)cc2)c(=O)[nH]c1=S. The molecule has 9 nitrogen and oxygen atoms in total. The summed E-state index contributed by atoms with van der Waals surface area (Å²) in [5, 5.41) is 13.8. The topological polar surface area (TPSA) is 126 Å². The fourth-order valence-corrected chi connectivity index (χ4v) is 3.07.